The number of carbonyl (C=O) groups excluding carboxylic acids is 1. The third-order valence-electron chi connectivity index (χ3n) is 3.67. The number of amides is 1. The van der Waals surface area contributed by atoms with Crippen LogP contribution in [-0.4, -0.2) is 27.4 Å². The molecular formula is C19H17N7O. The summed E-state index contributed by atoms with van der Waals surface area (Å²) >= 11 is 0. The molecule has 8 nitrogen and oxygen atoms in total. The van der Waals surface area contributed by atoms with Gasteiger partial charge in [0.25, 0.3) is 0 Å². The van der Waals surface area contributed by atoms with E-state index >= 15 is 0 Å². The van der Waals surface area contributed by atoms with E-state index in [2.05, 4.69) is 25.6 Å². The van der Waals surface area contributed by atoms with Crippen molar-refractivity contribution in [3.63, 3.8) is 0 Å². The minimum Gasteiger partial charge on any atom is -0.375 e. The molecule has 0 spiro atoms. The summed E-state index contributed by atoms with van der Waals surface area (Å²) in [5.74, 6) is 0.0865. The lowest BCUT2D eigenvalue weighted by atomic mass is 10.1. The van der Waals surface area contributed by atoms with E-state index in [9.17, 15) is 10.1 Å². The fourth-order valence-corrected chi connectivity index (χ4v) is 2.47. The molecule has 1 amide bonds. The fourth-order valence-electron chi connectivity index (χ4n) is 2.47. The van der Waals surface area contributed by atoms with Gasteiger partial charge in [0.2, 0.25) is 5.91 Å². The van der Waals surface area contributed by atoms with Crippen LogP contribution in [0, 0.1) is 18.3 Å². The zero-order valence-corrected chi connectivity index (χ0v) is 14.6. The lowest BCUT2D eigenvalue weighted by Gasteiger charge is -2.12. The predicted octanol–water partition coefficient (Wildman–Crippen LogP) is 2.36. The van der Waals surface area contributed by atoms with Gasteiger partial charge in [0.1, 0.15) is 11.9 Å². The van der Waals surface area contributed by atoms with Gasteiger partial charge in [0.05, 0.1) is 29.8 Å². The Bertz CT molecular complexity index is 1010. The first kappa shape index (κ1) is 17.8. The monoisotopic (exact) mass is 359 g/mol. The number of carbonyl (C=O) groups is 1. The minimum absolute atomic E-state index is 0.0259. The maximum Gasteiger partial charge on any atom is 0.236 e. The molecule has 3 rings (SSSR count). The molecule has 8 heteroatoms. The molecule has 3 heterocycles. The number of nitriles is 1. The van der Waals surface area contributed by atoms with E-state index in [0.717, 1.165) is 16.8 Å². The molecule has 0 fully saturated rings. The first-order valence-electron chi connectivity index (χ1n) is 8.13. The van der Waals surface area contributed by atoms with Gasteiger partial charge in [-0.15, -0.1) is 0 Å². The van der Waals surface area contributed by atoms with Crippen molar-refractivity contribution in [2.75, 3.05) is 17.2 Å². The quantitative estimate of drug-likeness (QED) is 0.616. The molecule has 0 radical (unpaired) electrons. The van der Waals surface area contributed by atoms with Crippen LogP contribution in [0.3, 0.4) is 0 Å². The summed E-state index contributed by atoms with van der Waals surface area (Å²) in [6.07, 6.45) is 4.88. The highest BCUT2D eigenvalue weighted by molar-refractivity contribution is 5.79. The van der Waals surface area contributed by atoms with Gasteiger partial charge in [-0.05, 0) is 42.8 Å². The van der Waals surface area contributed by atoms with Crippen LogP contribution < -0.4 is 16.4 Å². The van der Waals surface area contributed by atoms with Gasteiger partial charge in [-0.25, -0.2) is 9.97 Å². The highest BCUT2D eigenvalue weighted by Crippen LogP contribution is 2.25. The van der Waals surface area contributed by atoms with Crippen LogP contribution in [0.15, 0.2) is 48.9 Å². The van der Waals surface area contributed by atoms with Crippen LogP contribution in [0.1, 0.15) is 11.3 Å². The molecule has 3 aromatic heterocycles. The number of aromatic nitrogens is 3. The molecule has 0 aliphatic carbocycles. The van der Waals surface area contributed by atoms with E-state index in [1.807, 2.05) is 37.3 Å². The first-order chi connectivity index (χ1) is 13.0. The third-order valence-corrected chi connectivity index (χ3v) is 3.67. The molecule has 0 saturated carbocycles. The molecule has 0 bridgehead atoms. The smallest absolute Gasteiger partial charge is 0.236 e. The largest absolute Gasteiger partial charge is 0.375 e. The van der Waals surface area contributed by atoms with E-state index in [-0.39, 0.29) is 12.2 Å². The lowest BCUT2D eigenvalue weighted by molar-refractivity contribution is -0.116. The van der Waals surface area contributed by atoms with Crippen molar-refractivity contribution in [3.05, 3.63) is 60.2 Å². The van der Waals surface area contributed by atoms with Crippen LogP contribution in [-0.2, 0) is 4.79 Å². The Morgan fingerprint density at radius 1 is 1.26 bits per heavy atom. The van der Waals surface area contributed by atoms with Crippen LogP contribution in [0.5, 0.6) is 0 Å². The van der Waals surface area contributed by atoms with Gasteiger partial charge in [0.15, 0.2) is 5.69 Å². The molecule has 0 unspecified atom stereocenters. The number of primary amides is 1. The van der Waals surface area contributed by atoms with Crippen LogP contribution >= 0.6 is 0 Å². The van der Waals surface area contributed by atoms with E-state index in [1.165, 1.54) is 6.20 Å². The Morgan fingerprint density at radius 2 is 2.04 bits per heavy atom. The maximum absolute atomic E-state index is 10.9. The van der Waals surface area contributed by atoms with Gasteiger partial charge in [0, 0.05) is 18.0 Å². The zero-order chi connectivity index (χ0) is 19.2. The summed E-state index contributed by atoms with van der Waals surface area (Å²) < 4.78 is 0. The molecule has 3 aromatic rings. The SMILES string of the molecule is Cc1cc(Nc2cc(NCC(N)=O)cnc2C#N)nc(-c2ccncc2)c1. The van der Waals surface area contributed by atoms with Crippen molar-refractivity contribution in [3.8, 4) is 17.3 Å². The van der Waals surface area contributed by atoms with Crippen molar-refractivity contribution in [2.24, 2.45) is 5.73 Å². The Balaban J connectivity index is 1.92. The molecule has 0 atom stereocenters. The molecule has 0 aromatic carbocycles. The van der Waals surface area contributed by atoms with E-state index in [4.69, 9.17) is 5.73 Å². The second kappa shape index (κ2) is 7.93. The summed E-state index contributed by atoms with van der Waals surface area (Å²) in [5.41, 5.74) is 9.13. The van der Waals surface area contributed by atoms with Gasteiger partial charge >= 0.3 is 0 Å². The Kier molecular flexibility index (Phi) is 5.23. The number of nitrogens with two attached hydrogens (primary N) is 1. The first-order valence-corrected chi connectivity index (χ1v) is 8.13. The number of hydrogen-bond acceptors (Lipinski definition) is 7. The summed E-state index contributed by atoms with van der Waals surface area (Å²) in [6.45, 7) is 1.94. The molecule has 134 valence electrons. The summed E-state index contributed by atoms with van der Waals surface area (Å²) in [4.78, 5) is 23.7. The predicted molar refractivity (Wildman–Crippen MR) is 102 cm³/mol. The Morgan fingerprint density at radius 3 is 2.74 bits per heavy atom. The summed E-state index contributed by atoms with van der Waals surface area (Å²) in [6, 6.07) is 11.3. The van der Waals surface area contributed by atoms with Crippen molar-refractivity contribution in [1.82, 2.24) is 15.0 Å². The summed E-state index contributed by atoms with van der Waals surface area (Å²) in [5, 5.41) is 15.3. The van der Waals surface area contributed by atoms with E-state index < -0.39 is 5.91 Å². The molecule has 0 saturated heterocycles. The Labute approximate surface area is 156 Å². The molecule has 4 N–H and O–H groups in total. The number of nitrogens with one attached hydrogen (secondary N) is 2. The van der Waals surface area contributed by atoms with Gasteiger partial charge < -0.3 is 16.4 Å². The van der Waals surface area contributed by atoms with Crippen molar-refractivity contribution in [2.45, 2.75) is 6.92 Å². The maximum atomic E-state index is 10.9. The minimum atomic E-state index is -0.490. The van der Waals surface area contributed by atoms with Crippen molar-refractivity contribution < 1.29 is 4.79 Å². The molecular weight excluding hydrogens is 342 g/mol. The second-order valence-corrected chi connectivity index (χ2v) is 5.83. The summed E-state index contributed by atoms with van der Waals surface area (Å²) in [7, 11) is 0. The average Bonchev–Trinajstić information content (AvgIpc) is 2.67. The van der Waals surface area contributed by atoms with Gasteiger partial charge in [-0.3, -0.25) is 9.78 Å². The van der Waals surface area contributed by atoms with E-state index in [1.54, 1.807) is 18.5 Å². The highest BCUT2D eigenvalue weighted by Gasteiger charge is 2.09. The molecule has 27 heavy (non-hydrogen) atoms. The van der Waals surface area contributed by atoms with Crippen LogP contribution in [0.25, 0.3) is 11.3 Å². The third kappa shape index (κ3) is 4.55. The Hall–Kier alpha value is -3.99. The topological polar surface area (TPSA) is 130 Å². The van der Waals surface area contributed by atoms with Crippen molar-refractivity contribution >= 4 is 23.1 Å². The number of rotatable bonds is 6. The molecule has 0 aliphatic rings. The van der Waals surface area contributed by atoms with Crippen molar-refractivity contribution in [1.29, 1.82) is 5.26 Å². The van der Waals surface area contributed by atoms with Crippen LogP contribution in [0.4, 0.5) is 17.2 Å². The number of pyridine rings is 3. The standard InChI is InChI=1S/C19H17N7O/c1-12-6-15(13-2-4-22-5-3-13)25-19(7-12)26-16-8-14(23-11-18(21)27)10-24-17(16)9-20/h2-8,10,23H,11H2,1H3,(H2,21,27)(H,25,26). The van der Waals surface area contributed by atoms with Crippen LogP contribution in [0.2, 0.25) is 0 Å². The molecule has 0 aliphatic heterocycles. The lowest BCUT2D eigenvalue weighted by Crippen LogP contribution is -2.21. The zero-order valence-electron chi connectivity index (χ0n) is 14.6. The normalized spacial score (nSPS) is 10.1. The number of hydrogen-bond donors (Lipinski definition) is 3. The number of anilines is 3. The fraction of sp³-hybridized carbons (Fsp3) is 0.105. The highest BCUT2D eigenvalue weighted by atomic mass is 16.1. The second-order valence-electron chi connectivity index (χ2n) is 5.83. The number of nitrogens with zero attached hydrogens (tertiary/aromatic N) is 4. The van der Waals surface area contributed by atoms with Gasteiger partial charge in [-0.2, -0.15) is 5.26 Å². The average molecular weight is 359 g/mol. The van der Waals surface area contributed by atoms with E-state index in [0.29, 0.717) is 17.2 Å². The van der Waals surface area contributed by atoms with Gasteiger partial charge in [-0.1, -0.05) is 0 Å². The number of aryl methyl sites for hydroxylation is 1.